The molecule has 1 atom stereocenters. The van der Waals surface area contributed by atoms with Gasteiger partial charge in [-0.3, -0.25) is 4.79 Å². The normalized spacial score (nSPS) is 13.1. The van der Waals surface area contributed by atoms with E-state index in [4.69, 9.17) is 0 Å². The molecular weight excluding hydrogens is 204 g/mol. The Bertz CT molecular complexity index is 346. The number of nitrogens with one attached hydrogen (secondary N) is 1. The molecule has 0 saturated heterocycles. The van der Waals surface area contributed by atoms with Crippen molar-refractivity contribution in [3.63, 3.8) is 0 Å². The molecule has 5 heteroatoms. The number of carbonyl (C=O) groups excluding carboxylic acids is 1. The Labute approximate surface area is 96.2 Å². The number of carbonyl (C=O) groups is 1. The Morgan fingerprint density at radius 3 is 2.75 bits per heavy atom. The molecule has 1 N–H and O–H groups in total. The predicted octanol–water partition coefficient (Wildman–Crippen LogP) is 1.17. The van der Waals surface area contributed by atoms with Gasteiger partial charge in [-0.2, -0.15) is 0 Å². The zero-order valence-electron chi connectivity index (χ0n) is 10.4. The molecule has 0 fully saturated rings. The molecule has 0 aliphatic heterocycles. The van der Waals surface area contributed by atoms with E-state index < -0.39 is 0 Å². The molecule has 0 radical (unpaired) electrons. The highest BCUT2D eigenvalue weighted by molar-refractivity contribution is 5.79. The average Bonchev–Trinajstić information content (AvgIpc) is 2.62. The fourth-order valence-electron chi connectivity index (χ4n) is 1.63. The highest BCUT2D eigenvalue weighted by atomic mass is 16.1. The predicted molar refractivity (Wildman–Crippen MR) is 62.0 cm³/mol. The van der Waals surface area contributed by atoms with E-state index in [1.807, 2.05) is 13.2 Å². The zero-order valence-corrected chi connectivity index (χ0v) is 10.4. The second-order valence-corrected chi connectivity index (χ2v) is 4.48. The second kappa shape index (κ2) is 5.75. The fourth-order valence-corrected chi connectivity index (χ4v) is 1.63. The van der Waals surface area contributed by atoms with E-state index in [-0.39, 0.29) is 11.8 Å². The van der Waals surface area contributed by atoms with Gasteiger partial charge in [0.1, 0.15) is 6.04 Å². The third-order valence-electron chi connectivity index (χ3n) is 2.40. The van der Waals surface area contributed by atoms with Gasteiger partial charge in [0.2, 0.25) is 0 Å². The van der Waals surface area contributed by atoms with E-state index in [1.54, 1.807) is 11.6 Å². The lowest BCUT2D eigenvalue weighted by atomic mass is 10.0. The van der Waals surface area contributed by atoms with Crippen LogP contribution < -0.4 is 5.32 Å². The maximum Gasteiger partial charge on any atom is 0.154 e. The van der Waals surface area contributed by atoms with Gasteiger partial charge in [-0.15, -0.1) is 5.10 Å². The van der Waals surface area contributed by atoms with Crippen molar-refractivity contribution in [2.24, 2.45) is 5.92 Å². The summed E-state index contributed by atoms with van der Waals surface area (Å²) in [4.78, 5) is 11.5. The molecule has 0 bridgehead atoms. The fraction of sp³-hybridized carbons (Fsp3) is 0.727. The third kappa shape index (κ3) is 3.41. The van der Waals surface area contributed by atoms with Crippen LogP contribution in [0.1, 0.15) is 38.9 Å². The highest BCUT2D eigenvalue weighted by Gasteiger charge is 2.19. The number of aromatic nitrogens is 3. The summed E-state index contributed by atoms with van der Waals surface area (Å²) in [5, 5.41) is 11.0. The van der Waals surface area contributed by atoms with Gasteiger partial charge in [-0.25, -0.2) is 4.68 Å². The molecule has 1 aromatic heterocycles. The van der Waals surface area contributed by atoms with Crippen LogP contribution in [0.2, 0.25) is 0 Å². The summed E-state index contributed by atoms with van der Waals surface area (Å²) in [6, 6.07) is -0.182. The van der Waals surface area contributed by atoms with Crippen LogP contribution in [0, 0.1) is 5.92 Å². The molecule has 0 amide bonds. The summed E-state index contributed by atoms with van der Waals surface area (Å²) in [7, 11) is 1.86. The summed E-state index contributed by atoms with van der Waals surface area (Å²) in [5.74, 6) is 0.598. The van der Waals surface area contributed by atoms with Crippen LogP contribution >= 0.6 is 0 Å². The van der Waals surface area contributed by atoms with Crippen molar-refractivity contribution in [2.45, 2.75) is 39.8 Å². The first kappa shape index (κ1) is 12.8. The molecule has 0 saturated carbocycles. The molecule has 1 aromatic rings. The van der Waals surface area contributed by atoms with Crippen molar-refractivity contribution in [3.8, 4) is 0 Å². The number of hydrogen-bond donors (Lipinski definition) is 1. The summed E-state index contributed by atoms with van der Waals surface area (Å²) < 4.78 is 1.68. The van der Waals surface area contributed by atoms with Crippen molar-refractivity contribution >= 4 is 5.78 Å². The van der Waals surface area contributed by atoms with E-state index in [9.17, 15) is 4.79 Å². The minimum atomic E-state index is -0.182. The van der Waals surface area contributed by atoms with Gasteiger partial charge in [0.15, 0.2) is 5.78 Å². The quantitative estimate of drug-likeness (QED) is 0.788. The van der Waals surface area contributed by atoms with E-state index >= 15 is 0 Å². The lowest BCUT2D eigenvalue weighted by molar-refractivity contribution is -0.120. The Hall–Kier alpha value is -1.23. The molecule has 1 heterocycles. The van der Waals surface area contributed by atoms with Crippen molar-refractivity contribution in [3.05, 3.63) is 11.9 Å². The van der Waals surface area contributed by atoms with Gasteiger partial charge in [0, 0.05) is 6.54 Å². The van der Waals surface area contributed by atoms with E-state index in [0.717, 1.165) is 12.1 Å². The maximum absolute atomic E-state index is 11.5. The Kier molecular flexibility index (Phi) is 4.61. The summed E-state index contributed by atoms with van der Waals surface area (Å²) in [5.41, 5.74) is 0.859. The minimum Gasteiger partial charge on any atom is -0.314 e. The van der Waals surface area contributed by atoms with Crippen molar-refractivity contribution in [2.75, 3.05) is 7.05 Å². The molecule has 16 heavy (non-hydrogen) atoms. The maximum atomic E-state index is 11.5. The number of rotatable bonds is 6. The smallest absolute Gasteiger partial charge is 0.154 e. The first-order chi connectivity index (χ1) is 7.54. The average molecular weight is 224 g/mol. The number of hydrogen-bond acceptors (Lipinski definition) is 4. The highest BCUT2D eigenvalue weighted by Crippen LogP contribution is 2.17. The Balaban J connectivity index is 2.80. The van der Waals surface area contributed by atoms with Crippen LogP contribution in [-0.2, 0) is 11.3 Å². The van der Waals surface area contributed by atoms with Gasteiger partial charge in [-0.05, 0) is 26.3 Å². The van der Waals surface area contributed by atoms with Crippen LogP contribution in [0.3, 0.4) is 0 Å². The van der Waals surface area contributed by atoms with Gasteiger partial charge in [-0.1, -0.05) is 19.1 Å². The van der Waals surface area contributed by atoms with E-state index in [0.29, 0.717) is 12.5 Å². The largest absolute Gasteiger partial charge is 0.314 e. The molecule has 1 rings (SSSR count). The monoisotopic (exact) mass is 224 g/mol. The zero-order chi connectivity index (χ0) is 12.1. The van der Waals surface area contributed by atoms with Crippen LogP contribution in [0.5, 0.6) is 0 Å². The van der Waals surface area contributed by atoms with E-state index in [1.165, 1.54) is 0 Å². The molecule has 0 aromatic carbocycles. The molecule has 0 aliphatic rings. The van der Waals surface area contributed by atoms with Crippen molar-refractivity contribution < 1.29 is 4.79 Å². The standard InChI is InChI=1S/C11H20N4O/c1-8(2)5-11(9(3)16)15-7-10(6-12-4)13-14-15/h7-8,11-12H,5-6H2,1-4H3/t11-/m0/s1. The van der Waals surface area contributed by atoms with Crippen molar-refractivity contribution in [1.29, 1.82) is 0 Å². The van der Waals surface area contributed by atoms with E-state index in [2.05, 4.69) is 29.5 Å². The first-order valence-corrected chi connectivity index (χ1v) is 5.60. The number of ketones is 1. The lowest BCUT2D eigenvalue weighted by Crippen LogP contribution is -2.19. The lowest BCUT2D eigenvalue weighted by Gasteiger charge is -2.15. The Morgan fingerprint density at radius 1 is 1.56 bits per heavy atom. The van der Waals surface area contributed by atoms with Gasteiger partial charge in [0.05, 0.1) is 11.9 Å². The number of nitrogens with zero attached hydrogens (tertiary/aromatic N) is 3. The van der Waals surface area contributed by atoms with Crippen LogP contribution in [-0.4, -0.2) is 27.8 Å². The van der Waals surface area contributed by atoms with Gasteiger partial charge >= 0.3 is 0 Å². The van der Waals surface area contributed by atoms with Crippen LogP contribution in [0.4, 0.5) is 0 Å². The van der Waals surface area contributed by atoms with Gasteiger partial charge < -0.3 is 5.32 Å². The second-order valence-electron chi connectivity index (χ2n) is 4.48. The van der Waals surface area contributed by atoms with Crippen LogP contribution in [0.25, 0.3) is 0 Å². The summed E-state index contributed by atoms with van der Waals surface area (Å²) in [6.45, 7) is 6.47. The molecular formula is C11H20N4O. The van der Waals surface area contributed by atoms with Crippen LogP contribution in [0.15, 0.2) is 6.20 Å². The molecule has 0 aliphatic carbocycles. The topological polar surface area (TPSA) is 59.8 Å². The minimum absolute atomic E-state index is 0.134. The van der Waals surface area contributed by atoms with Crippen molar-refractivity contribution in [1.82, 2.24) is 20.3 Å². The third-order valence-corrected chi connectivity index (χ3v) is 2.40. The number of Topliss-reactive ketones (excluding diaryl/α,β-unsaturated/α-hetero) is 1. The summed E-state index contributed by atoms with van der Waals surface area (Å²) in [6.07, 6.45) is 2.64. The Morgan fingerprint density at radius 2 is 2.25 bits per heavy atom. The molecule has 90 valence electrons. The first-order valence-electron chi connectivity index (χ1n) is 5.60. The molecule has 0 spiro atoms. The van der Waals surface area contributed by atoms with Gasteiger partial charge in [0.25, 0.3) is 0 Å². The molecule has 5 nitrogen and oxygen atoms in total. The summed E-state index contributed by atoms with van der Waals surface area (Å²) >= 11 is 0. The molecule has 0 unspecified atom stereocenters. The SMILES string of the molecule is CNCc1cn([C@@H](CC(C)C)C(C)=O)nn1.